The van der Waals surface area contributed by atoms with E-state index in [1.54, 1.807) is 0 Å². The summed E-state index contributed by atoms with van der Waals surface area (Å²) in [7, 11) is 0. The highest BCUT2D eigenvalue weighted by atomic mass is 35.5. The van der Waals surface area contributed by atoms with Crippen molar-refractivity contribution >= 4 is 24.2 Å². The van der Waals surface area contributed by atoms with Gasteiger partial charge in [0.25, 0.3) is 0 Å². The molecule has 1 saturated heterocycles. The van der Waals surface area contributed by atoms with Crippen molar-refractivity contribution in [3.8, 4) is 0 Å². The number of rotatable bonds is 4. The van der Waals surface area contributed by atoms with Gasteiger partial charge in [-0.05, 0) is 76.0 Å². The number of amides is 2. The van der Waals surface area contributed by atoms with Crippen LogP contribution in [0.3, 0.4) is 0 Å². The number of halogens is 1. The SMILES string of the molecule is C[C@@H](CN)NC(=O)C1CCCN1C(=O)C12CC3CC(CC(C3)C1)C2.Cl. The zero-order valence-corrected chi connectivity index (χ0v) is 16.0. The van der Waals surface area contributed by atoms with E-state index in [0.717, 1.165) is 56.4 Å². The van der Waals surface area contributed by atoms with Crippen LogP contribution in [0.15, 0.2) is 0 Å². The number of nitrogens with zero attached hydrogens (tertiary/aromatic N) is 1. The molecule has 0 aromatic rings. The molecule has 5 rings (SSSR count). The van der Waals surface area contributed by atoms with Crippen LogP contribution in [0.5, 0.6) is 0 Å². The first-order valence-corrected chi connectivity index (χ1v) is 9.82. The molecule has 6 heteroatoms. The van der Waals surface area contributed by atoms with Gasteiger partial charge in [0.2, 0.25) is 11.8 Å². The van der Waals surface area contributed by atoms with Crippen LogP contribution in [0.2, 0.25) is 0 Å². The number of likely N-dealkylation sites (tertiary alicyclic amines) is 1. The Kier molecular flexibility index (Phi) is 5.36. The van der Waals surface area contributed by atoms with Gasteiger partial charge in [0.1, 0.15) is 6.04 Å². The molecule has 4 saturated carbocycles. The fourth-order valence-electron chi connectivity index (χ4n) is 6.36. The Labute approximate surface area is 156 Å². The summed E-state index contributed by atoms with van der Waals surface area (Å²) in [5, 5.41) is 2.97. The van der Waals surface area contributed by atoms with E-state index in [1.807, 2.05) is 11.8 Å². The topological polar surface area (TPSA) is 75.4 Å². The van der Waals surface area contributed by atoms with Crippen LogP contribution < -0.4 is 11.1 Å². The van der Waals surface area contributed by atoms with Crippen LogP contribution in [0, 0.1) is 23.2 Å². The highest BCUT2D eigenvalue weighted by molar-refractivity contribution is 5.91. The van der Waals surface area contributed by atoms with E-state index in [9.17, 15) is 9.59 Å². The first-order valence-electron chi connectivity index (χ1n) is 9.82. The van der Waals surface area contributed by atoms with Crippen LogP contribution >= 0.6 is 12.4 Å². The Bertz CT molecular complexity index is 503. The fraction of sp³-hybridized carbons (Fsp3) is 0.895. The van der Waals surface area contributed by atoms with Crippen LogP contribution in [0.25, 0.3) is 0 Å². The summed E-state index contributed by atoms with van der Waals surface area (Å²) in [4.78, 5) is 28.0. The van der Waals surface area contributed by atoms with Crippen molar-refractivity contribution in [1.82, 2.24) is 10.2 Å². The van der Waals surface area contributed by atoms with E-state index in [-0.39, 0.29) is 35.8 Å². The molecule has 5 nitrogen and oxygen atoms in total. The van der Waals surface area contributed by atoms with Gasteiger partial charge in [0, 0.05) is 19.1 Å². The first-order chi connectivity index (χ1) is 11.5. The van der Waals surface area contributed by atoms with Crippen molar-refractivity contribution in [3.63, 3.8) is 0 Å². The molecule has 0 spiro atoms. The maximum atomic E-state index is 13.5. The van der Waals surface area contributed by atoms with Gasteiger partial charge in [-0.1, -0.05) is 0 Å². The number of hydrogen-bond acceptors (Lipinski definition) is 3. The third-order valence-electron chi connectivity index (χ3n) is 7.05. The van der Waals surface area contributed by atoms with Crippen LogP contribution in [-0.2, 0) is 9.59 Å². The van der Waals surface area contributed by atoms with Gasteiger partial charge in [-0.15, -0.1) is 12.4 Å². The van der Waals surface area contributed by atoms with Crippen molar-refractivity contribution in [2.45, 2.75) is 70.4 Å². The lowest BCUT2D eigenvalue weighted by Gasteiger charge is -2.56. The standard InChI is InChI=1S/C19H31N3O2.ClH/c1-12(11-20)21-17(23)16-3-2-4-22(16)18(24)19-8-13-5-14(9-19)7-15(6-13)10-19;/h12-16H,2-11,20H2,1H3,(H,21,23);1H/t12-,13?,14?,15?,16?,19?;/m0./s1. The highest BCUT2D eigenvalue weighted by Gasteiger charge is 2.56. The summed E-state index contributed by atoms with van der Waals surface area (Å²) in [6.07, 6.45) is 8.96. The molecule has 2 atom stereocenters. The predicted octanol–water partition coefficient (Wildman–Crippen LogP) is 2.08. The summed E-state index contributed by atoms with van der Waals surface area (Å²) in [5.41, 5.74) is 5.48. The lowest BCUT2D eigenvalue weighted by Crippen LogP contribution is -2.57. The van der Waals surface area contributed by atoms with Gasteiger partial charge in [-0.3, -0.25) is 9.59 Å². The molecule has 4 aliphatic carbocycles. The molecule has 4 bridgehead atoms. The smallest absolute Gasteiger partial charge is 0.243 e. The summed E-state index contributed by atoms with van der Waals surface area (Å²) in [6, 6.07) is -0.311. The third kappa shape index (κ3) is 3.30. The van der Waals surface area contributed by atoms with E-state index < -0.39 is 0 Å². The summed E-state index contributed by atoms with van der Waals surface area (Å²) in [6.45, 7) is 3.09. The Morgan fingerprint density at radius 3 is 2.24 bits per heavy atom. The molecule has 5 aliphatic rings. The molecule has 142 valence electrons. The van der Waals surface area contributed by atoms with Crippen molar-refractivity contribution in [3.05, 3.63) is 0 Å². The Morgan fingerprint density at radius 2 is 1.72 bits per heavy atom. The number of carbonyl (C=O) groups excluding carboxylic acids is 2. The molecule has 0 aromatic carbocycles. The van der Waals surface area contributed by atoms with E-state index in [1.165, 1.54) is 19.3 Å². The maximum absolute atomic E-state index is 13.5. The van der Waals surface area contributed by atoms with Crippen LogP contribution in [0.1, 0.15) is 58.3 Å². The average molecular weight is 370 g/mol. The van der Waals surface area contributed by atoms with E-state index >= 15 is 0 Å². The van der Waals surface area contributed by atoms with Gasteiger partial charge >= 0.3 is 0 Å². The average Bonchev–Trinajstić information content (AvgIpc) is 3.02. The largest absolute Gasteiger partial charge is 0.351 e. The molecule has 0 radical (unpaired) electrons. The molecule has 3 N–H and O–H groups in total. The molecule has 1 aliphatic heterocycles. The molecule has 2 amide bonds. The van der Waals surface area contributed by atoms with Gasteiger partial charge < -0.3 is 16.0 Å². The van der Waals surface area contributed by atoms with E-state index in [0.29, 0.717) is 12.5 Å². The number of hydrogen-bond donors (Lipinski definition) is 2. The zero-order chi connectivity index (χ0) is 16.9. The Hall–Kier alpha value is -0.810. The zero-order valence-electron chi connectivity index (χ0n) is 15.2. The van der Waals surface area contributed by atoms with Gasteiger partial charge in [-0.2, -0.15) is 0 Å². The van der Waals surface area contributed by atoms with Gasteiger partial charge in [0.15, 0.2) is 0 Å². The van der Waals surface area contributed by atoms with Gasteiger partial charge in [-0.25, -0.2) is 0 Å². The second-order valence-electron chi connectivity index (χ2n) is 9.00. The number of nitrogens with one attached hydrogen (secondary N) is 1. The molecule has 0 aromatic heterocycles. The summed E-state index contributed by atoms with van der Waals surface area (Å²) in [5.74, 6) is 2.55. The molecular weight excluding hydrogens is 338 g/mol. The monoisotopic (exact) mass is 369 g/mol. The maximum Gasteiger partial charge on any atom is 0.243 e. The third-order valence-corrected chi connectivity index (χ3v) is 7.05. The minimum Gasteiger partial charge on any atom is -0.351 e. The molecule has 5 fully saturated rings. The molecular formula is C19H32ClN3O2. The first kappa shape index (κ1) is 19.0. The minimum absolute atomic E-state index is 0. The number of nitrogens with two attached hydrogens (primary N) is 1. The second kappa shape index (κ2) is 7.07. The summed E-state index contributed by atoms with van der Waals surface area (Å²) < 4.78 is 0. The minimum atomic E-state index is -0.278. The fourth-order valence-corrected chi connectivity index (χ4v) is 6.36. The van der Waals surface area contributed by atoms with Crippen molar-refractivity contribution < 1.29 is 9.59 Å². The molecule has 1 unspecified atom stereocenters. The quantitative estimate of drug-likeness (QED) is 0.796. The Balaban J connectivity index is 0.00000182. The molecule has 1 heterocycles. The van der Waals surface area contributed by atoms with Crippen LogP contribution in [-0.4, -0.2) is 41.9 Å². The predicted molar refractivity (Wildman–Crippen MR) is 99.2 cm³/mol. The van der Waals surface area contributed by atoms with E-state index in [2.05, 4.69) is 5.32 Å². The lowest BCUT2D eigenvalue weighted by molar-refractivity contribution is -0.160. The lowest BCUT2D eigenvalue weighted by atomic mass is 9.49. The van der Waals surface area contributed by atoms with Crippen molar-refractivity contribution in [1.29, 1.82) is 0 Å². The molecule has 25 heavy (non-hydrogen) atoms. The van der Waals surface area contributed by atoms with Crippen molar-refractivity contribution in [2.24, 2.45) is 28.9 Å². The second-order valence-corrected chi connectivity index (χ2v) is 9.00. The highest BCUT2D eigenvalue weighted by Crippen LogP contribution is 2.60. The van der Waals surface area contributed by atoms with Gasteiger partial charge in [0.05, 0.1) is 5.41 Å². The van der Waals surface area contributed by atoms with Crippen LogP contribution in [0.4, 0.5) is 0 Å². The van der Waals surface area contributed by atoms with Crippen molar-refractivity contribution in [2.75, 3.05) is 13.1 Å². The summed E-state index contributed by atoms with van der Waals surface area (Å²) >= 11 is 0. The number of carbonyl (C=O) groups is 2. The van der Waals surface area contributed by atoms with E-state index in [4.69, 9.17) is 5.73 Å². The normalized spacial score (nSPS) is 39.8. The Morgan fingerprint density at radius 1 is 1.16 bits per heavy atom.